The molecule has 0 spiro atoms. The van der Waals surface area contributed by atoms with Crippen LogP contribution in [0.15, 0.2) is 0 Å². The molecule has 2 amide bonds. The molecule has 3 N–H and O–H groups in total. The molecule has 0 rings (SSSR count). The van der Waals surface area contributed by atoms with Gasteiger partial charge in [0.1, 0.15) is 11.8 Å². The first-order valence-corrected chi connectivity index (χ1v) is 3.99. The third kappa shape index (κ3) is 5.84. The van der Waals surface area contributed by atoms with Crippen molar-refractivity contribution >= 4 is 17.6 Å². The maximum atomic E-state index is 10.7. The summed E-state index contributed by atoms with van der Waals surface area (Å²) in [6.07, 6.45) is 0.512. The minimum Gasteiger partial charge on any atom is -0.368 e. The van der Waals surface area contributed by atoms with Crippen LogP contribution in [-0.4, -0.2) is 23.6 Å². The quantitative estimate of drug-likeness (QED) is 0.597. The SMILES string of the molecule is CC(=O)CC[C@H](NC(C)=O)C(N)=O. The van der Waals surface area contributed by atoms with Crippen LogP contribution in [-0.2, 0) is 14.4 Å². The zero-order valence-electron chi connectivity index (χ0n) is 7.79. The summed E-state index contributed by atoms with van der Waals surface area (Å²) in [4.78, 5) is 31.9. The van der Waals surface area contributed by atoms with E-state index in [4.69, 9.17) is 5.73 Å². The number of carbonyl (C=O) groups excluding carboxylic acids is 3. The Morgan fingerprint density at radius 2 is 1.85 bits per heavy atom. The van der Waals surface area contributed by atoms with E-state index in [1.807, 2.05) is 0 Å². The van der Waals surface area contributed by atoms with Crippen molar-refractivity contribution in [2.24, 2.45) is 5.73 Å². The smallest absolute Gasteiger partial charge is 0.240 e. The summed E-state index contributed by atoms with van der Waals surface area (Å²) in [5, 5.41) is 2.37. The predicted octanol–water partition coefficient (Wildman–Crippen LogP) is -0.654. The molecule has 0 unspecified atom stereocenters. The van der Waals surface area contributed by atoms with Crippen LogP contribution in [0.2, 0.25) is 0 Å². The maximum Gasteiger partial charge on any atom is 0.240 e. The van der Waals surface area contributed by atoms with Crippen LogP contribution < -0.4 is 11.1 Å². The molecule has 0 radical (unpaired) electrons. The number of primary amides is 1. The van der Waals surface area contributed by atoms with Crippen LogP contribution in [0.4, 0.5) is 0 Å². The molecule has 0 bridgehead atoms. The van der Waals surface area contributed by atoms with Gasteiger partial charge in [-0.1, -0.05) is 0 Å². The van der Waals surface area contributed by atoms with Crippen molar-refractivity contribution in [3.05, 3.63) is 0 Å². The standard InChI is InChI=1S/C8H14N2O3/c1-5(11)3-4-7(8(9)13)10-6(2)12/h7H,3-4H2,1-2H3,(H2,9,13)(H,10,12)/t7-/m0/s1. The van der Waals surface area contributed by atoms with E-state index in [2.05, 4.69) is 5.32 Å². The van der Waals surface area contributed by atoms with E-state index in [0.717, 1.165) is 0 Å². The number of amides is 2. The first-order valence-electron chi connectivity index (χ1n) is 3.99. The molecule has 0 aromatic rings. The molecule has 0 aromatic heterocycles. The van der Waals surface area contributed by atoms with Gasteiger partial charge in [-0.3, -0.25) is 9.59 Å². The summed E-state index contributed by atoms with van der Waals surface area (Å²) >= 11 is 0. The van der Waals surface area contributed by atoms with Crippen molar-refractivity contribution in [3.63, 3.8) is 0 Å². The molecule has 0 saturated heterocycles. The topological polar surface area (TPSA) is 89.3 Å². The molecule has 74 valence electrons. The summed E-state index contributed by atoms with van der Waals surface area (Å²) in [5.41, 5.74) is 5.01. The molecule has 13 heavy (non-hydrogen) atoms. The van der Waals surface area contributed by atoms with Gasteiger partial charge in [0, 0.05) is 13.3 Å². The monoisotopic (exact) mass is 186 g/mol. The van der Waals surface area contributed by atoms with Crippen molar-refractivity contribution < 1.29 is 14.4 Å². The average molecular weight is 186 g/mol. The number of hydrogen-bond donors (Lipinski definition) is 2. The summed E-state index contributed by atoms with van der Waals surface area (Å²) in [6, 6.07) is -0.735. The van der Waals surface area contributed by atoms with E-state index < -0.39 is 11.9 Å². The normalized spacial score (nSPS) is 11.8. The van der Waals surface area contributed by atoms with E-state index in [-0.39, 0.29) is 24.5 Å². The van der Waals surface area contributed by atoms with Gasteiger partial charge < -0.3 is 15.8 Å². The summed E-state index contributed by atoms with van der Waals surface area (Å²) in [5.74, 6) is -0.972. The minimum atomic E-state index is -0.735. The minimum absolute atomic E-state index is 0.0309. The number of rotatable bonds is 5. The number of carbonyl (C=O) groups is 3. The number of nitrogens with two attached hydrogens (primary N) is 1. The van der Waals surface area contributed by atoms with E-state index in [1.54, 1.807) is 0 Å². The second kappa shape index (κ2) is 5.29. The van der Waals surface area contributed by atoms with Crippen LogP contribution in [0.25, 0.3) is 0 Å². The fourth-order valence-corrected chi connectivity index (χ4v) is 0.879. The Hall–Kier alpha value is -1.39. The van der Waals surface area contributed by atoms with Crippen molar-refractivity contribution in [2.75, 3.05) is 0 Å². The first kappa shape index (κ1) is 11.6. The summed E-state index contributed by atoms with van der Waals surface area (Å²) in [6.45, 7) is 2.72. The molecule has 0 aliphatic rings. The fraction of sp³-hybridized carbons (Fsp3) is 0.625. The van der Waals surface area contributed by atoms with Gasteiger partial charge >= 0.3 is 0 Å². The zero-order valence-corrected chi connectivity index (χ0v) is 7.79. The maximum absolute atomic E-state index is 10.7. The molecule has 0 saturated carbocycles. The molecule has 5 nitrogen and oxygen atoms in total. The van der Waals surface area contributed by atoms with Crippen LogP contribution >= 0.6 is 0 Å². The predicted molar refractivity (Wildman–Crippen MR) is 46.7 cm³/mol. The van der Waals surface area contributed by atoms with Crippen LogP contribution in [0.3, 0.4) is 0 Å². The van der Waals surface area contributed by atoms with Gasteiger partial charge in [0.2, 0.25) is 11.8 Å². The lowest BCUT2D eigenvalue weighted by Crippen LogP contribution is -2.43. The number of nitrogens with one attached hydrogen (secondary N) is 1. The van der Waals surface area contributed by atoms with Gasteiger partial charge in [0.25, 0.3) is 0 Å². The molecule has 5 heteroatoms. The molecule has 1 atom stereocenters. The lowest BCUT2D eigenvalue weighted by Gasteiger charge is -2.12. The van der Waals surface area contributed by atoms with E-state index in [0.29, 0.717) is 0 Å². The van der Waals surface area contributed by atoms with Gasteiger partial charge in [0.15, 0.2) is 0 Å². The molecule has 0 aliphatic heterocycles. The molecule has 0 heterocycles. The average Bonchev–Trinajstić information content (AvgIpc) is 1.96. The summed E-state index contributed by atoms with van der Waals surface area (Å²) < 4.78 is 0. The first-order chi connectivity index (χ1) is 5.93. The third-order valence-electron chi connectivity index (χ3n) is 1.51. The van der Waals surface area contributed by atoms with E-state index in [1.165, 1.54) is 13.8 Å². The van der Waals surface area contributed by atoms with Gasteiger partial charge in [-0.15, -0.1) is 0 Å². The second-order valence-corrected chi connectivity index (χ2v) is 2.90. The lowest BCUT2D eigenvalue weighted by molar-refractivity contribution is -0.126. The Balaban J connectivity index is 4.02. The fourth-order valence-electron chi connectivity index (χ4n) is 0.879. The Morgan fingerprint density at radius 1 is 1.31 bits per heavy atom. The Morgan fingerprint density at radius 3 is 2.15 bits per heavy atom. The highest BCUT2D eigenvalue weighted by Gasteiger charge is 2.16. The van der Waals surface area contributed by atoms with Gasteiger partial charge in [0.05, 0.1) is 0 Å². The molecule has 0 aliphatic carbocycles. The number of ketones is 1. The highest BCUT2D eigenvalue weighted by Crippen LogP contribution is 1.97. The van der Waals surface area contributed by atoms with Gasteiger partial charge in [-0.05, 0) is 13.3 Å². The second-order valence-electron chi connectivity index (χ2n) is 2.90. The Kier molecular flexibility index (Phi) is 4.72. The molecule has 0 fully saturated rings. The summed E-state index contributed by atoms with van der Waals surface area (Å²) in [7, 11) is 0. The molecule has 0 aromatic carbocycles. The van der Waals surface area contributed by atoms with Crippen LogP contribution in [0, 0.1) is 0 Å². The van der Waals surface area contributed by atoms with Crippen LogP contribution in [0.5, 0.6) is 0 Å². The molecular formula is C8H14N2O3. The zero-order chi connectivity index (χ0) is 10.4. The number of hydrogen-bond acceptors (Lipinski definition) is 3. The molecular weight excluding hydrogens is 172 g/mol. The number of Topliss-reactive ketones (excluding diaryl/α,β-unsaturated/α-hetero) is 1. The van der Waals surface area contributed by atoms with E-state index in [9.17, 15) is 14.4 Å². The third-order valence-corrected chi connectivity index (χ3v) is 1.51. The van der Waals surface area contributed by atoms with Crippen molar-refractivity contribution in [1.29, 1.82) is 0 Å². The van der Waals surface area contributed by atoms with Crippen molar-refractivity contribution in [2.45, 2.75) is 32.7 Å². The lowest BCUT2D eigenvalue weighted by atomic mass is 10.1. The van der Waals surface area contributed by atoms with E-state index >= 15 is 0 Å². The Labute approximate surface area is 76.7 Å². The largest absolute Gasteiger partial charge is 0.368 e. The van der Waals surface area contributed by atoms with Crippen LogP contribution in [0.1, 0.15) is 26.7 Å². The van der Waals surface area contributed by atoms with Crippen molar-refractivity contribution in [3.8, 4) is 0 Å². The van der Waals surface area contributed by atoms with Crippen molar-refractivity contribution in [1.82, 2.24) is 5.32 Å². The van der Waals surface area contributed by atoms with Gasteiger partial charge in [-0.2, -0.15) is 0 Å². The highest BCUT2D eigenvalue weighted by molar-refractivity contribution is 5.86. The highest BCUT2D eigenvalue weighted by atomic mass is 16.2. The Bertz CT molecular complexity index is 225. The van der Waals surface area contributed by atoms with Gasteiger partial charge in [-0.25, -0.2) is 0 Å².